The van der Waals surface area contributed by atoms with E-state index >= 15 is 0 Å². The standard InChI is InChI=1S/C24H24N2O5/c1-24(2,23(29)31-16-18-12-8-5-9-13-18)20(27)21-25-19(14-26(21)3)22(28)30-15-17-10-6-4-7-11-17/h4-14H,15-16H2,1-3H3. The summed E-state index contributed by atoms with van der Waals surface area (Å²) < 4.78 is 12.0. The van der Waals surface area contributed by atoms with Crippen molar-refractivity contribution in [1.82, 2.24) is 9.55 Å². The number of ether oxygens (including phenoxy) is 2. The molecule has 31 heavy (non-hydrogen) atoms. The van der Waals surface area contributed by atoms with Crippen molar-refractivity contribution in [2.45, 2.75) is 27.1 Å². The molecule has 0 aliphatic carbocycles. The highest BCUT2D eigenvalue weighted by Gasteiger charge is 2.40. The lowest BCUT2D eigenvalue weighted by atomic mass is 9.87. The number of hydrogen-bond acceptors (Lipinski definition) is 6. The number of aromatic nitrogens is 2. The molecule has 0 atom stereocenters. The van der Waals surface area contributed by atoms with Crippen LogP contribution in [0.25, 0.3) is 0 Å². The van der Waals surface area contributed by atoms with Gasteiger partial charge in [-0.05, 0) is 25.0 Å². The van der Waals surface area contributed by atoms with E-state index in [-0.39, 0.29) is 24.7 Å². The van der Waals surface area contributed by atoms with Gasteiger partial charge in [0, 0.05) is 13.2 Å². The van der Waals surface area contributed by atoms with Crippen LogP contribution in [0.15, 0.2) is 66.9 Å². The van der Waals surface area contributed by atoms with E-state index in [0.717, 1.165) is 11.1 Å². The molecule has 0 fully saturated rings. The average molecular weight is 420 g/mol. The van der Waals surface area contributed by atoms with Crippen LogP contribution in [0.2, 0.25) is 0 Å². The predicted octanol–water partition coefficient (Wildman–Crippen LogP) is 3.73. The minimum atomic E-state index is -1.47. The zero-order valence-corrected chi connectivity index (χ0v) is 17.7. The summed E-state index contributed by atoms with van der Waals surface area (Å²) >= 11 is 0. The van der Waals surface area contributed by atoms with E-state index in [1.807, 2.05) is 60.7 Å². The van der Waals surface area contributed by atoms with Crippen molar-refractivity contribution in [3.05, 3.63) is 89.5 Å². The maximum absolute atomic E-state index is 13.0. The first-order chi connectivity index (χ1) is 14.8. The number of nitrogens with zero attached hydrogens (tertiary/aromatic N) is 2. The van der Waals surface area contributed by atoms with Crippen LogP contribution in [0.5, 0.6) is 0 Å². The summed E-state index contributed by atoms with van der Waals surface area (Å²) in [4.78, 5) is 42.1. The number of aryl methyl sites for hydroxylation is 1. The van der Waals surface area contributed by atoms with Gasteiger partial charge in [-0.1, -0.05) is 60.7 Å². The maximum atomic E-state index is 13.0. The summed E-state index contributed by atoms with van der Waals surface area (Å²) in [6.07, 6.45) is 1.41. The van der Waals surface area contributed by atoms with Crippen LogP contribution in [0.3, 0.4) is 0 Å². The summed E-state index contributed by atoms with van der Waals surface area (Å²) in [6, 6.07) is 18.4. The highest BCUT2D eigenvalue weighted by Crippen LogP contribution is 2.24. The monoisotopic (exact) mass is 420 g/mol. The fourth-order valence-corrected chi connectivity index (χ4v) is 2.85. The van der Waals surface area contributed by atoms with Crippen LogP contribution >= 0.6 is 0 Å². The Hall–Kier alpha value is -3.74. The van der Waals surface area contributed by atoms with Crippen molar-refractivity contribution in [3.8, 4) is 0 Å². The third-order valence-electron chi connectivity index (χ3n) is 4.79. The van der Waals surface area contributed by atoms with E-state index in [0.29, 0.717) is 0 Å². The first kappa shape index (κ1) is 22.0. The number of Topliss-reactive ketones (excluding diaryl/α,β-unsaturated/α-hetero) is 1. The zero-order chi connectivity index (χ0) is 22.4. The van der Waals surface area contributed by atoms with Crippen LogP contribution in [0, 0.1) is 5.41 Å². The van der Waals surface area contributed by atoms with Crippen LogP contribution in [0.1, 0.15) is 46.1 Å². The minimum absolute atomic E-state index is 0.00441. The Kier molecular flexibility index (Phi) is 6.65. The molecule has 0 aliphatic heterocycles. The Bertz CT molecular complexity index is 1070. The molecule has 0 unspecified atom stereocenters. The lowest BCUT2D eigenvalue weighted by Gasteiger charge is -2.20. The van der Waals surface area contributed by atoms with Gasteiger partial charge in [0.25, 0.3) is 0 Å². The normalized spacial score (nSPS) is 11.1. The fourth-order valence-electron chi connectivity index (χ4n) is 2.85. The second-order valence-electron chi connectivity index (χ2n) is 7.64. The number of hydrogen-bond donors (Lipinski definition) is 0. The summed E-state index contributed by atoms with van der Waals surface area (Å²) in [6.45, 7) is 3.11. The molecule has 0 spiro atoms. The number of rotatable bonds is 8. The Labute approximate surface area is 180 Å². The maximum Gasteiger partial charge on any atom is 0.358 e. The minimum Gasteiger partial charge on any atom is -0.460 e. The van der Waals surface area contributed by atoms with Crippen LogP contribution in [-0.4, -0.2) is 27.3 Å². The average Bonchev–Trinajstić information content (AvgIpc) is 3.18. The van der Waals surface area contributed by atoms with Crippen molar-refractivity contribution in [2.24, 2.45) is 12.5 Å². The lowest BCUT2D eigenvalue weighted by molar-refractivity contribution is -0.152. The first-order valence-corrected chi connectivity index (χ1v) is 9.79. The topological polar surface area (TPSA) is 87.5 Å². The lowest BCUT2D eigenvalue weighted by Crippen LogP contribution is -2.36. The molecule has 0 aliphatic rings. The Balaban J connectivity index is 1.66. The number of benzene rings is 2. The summed E-state index contributed by atoms with van der Waals surface area (Å²) in [5.74, 6) is -1.89. The summed E-state index contributed by atoms with van der Waals surface area (Å²) in [7, 11) is 1.58. The van der Waals surface area contributed by atoms with Crippen molar-refractivity contribution < 1.29 is 23.9 Å². The van der Waals surface area contributed by atoms with E-state index in [2.05, 4.69) is 4.98 Å². The van der Waals surface area contributed by atoms with Crippen LogP contribution in [0.4, 0.5) is 0 Å². The van der Waals surface area contributed by atoms with Gasteiger partial charge in [-0.25, -0.2) is 9.78 Å². The van der Waals surface area contributed by atoms with Crippen molar-refractivity contribution in [1.29, 1.82) is 0 Å². The molecule has 7 nitrogen and oxygen atoms in total. The van der Waals surface area contributed by atoms with Gasteiger partial charge in [0.15, 0.2) is 11.5 Å². The van der Waals surface area contributed by atoms with Gasteiger partial charge in [-0.2, -0.15) is 0 Å². The van der Waals surface area contributed by atoms with E-state index < -0.39 is 23.1 Å². The third kappa shape index (κ3) is 5.25. The number of carbonyl (C=O) groups is 3. The number of esters is 2. The molecule has 0 amide bonds. The van der Waals surface area contributed by atoms with Gasteiger partial charge in [-0.15, -0.1) is 0 Å². The quantitative estimate of drug-likeness (QED) is 0.313. The van der Waals surface area contributed by atoms with Crippen molar-refractivity contribution in [3.63, 3.8) is 0 Å². The Morgan fingerprint density at radius 3 is 1.94 bits per heavy atom. The molecular formula is C24H24N2O5. The van der Waals surface area contributed by atoms with Crippen molar-refractivity contribution in [2.75, 3.05) is 0 Å². The van der Waals surface area contributed by atoms with Gasteiger partial charge in [0.1, 0.15) is 18.6 Å². The SMILES string of the molecule is Cn1cc(C(=O)OCc2ccccc2)nc1C(=O)C(C)(C)C(=O)OCc1ccccc1. The van der Waals surface area contributed by atoms with E-state index in [1.165, 1.54) is 24.6 Å². The molecule has 1 heterocycles. The largest absolute Gasteiger partial charge is 0.460 e. The molecule has 0 saturated heterocycles. The fraction of sp³-hybridized carbons (Fsp3) is 0.250. The molecule has 0 N–H and O–H groups in total. The van der Waals surface area contributed by atoms with E-state index in [9.17, 15) is 14.4 Å². The third-order valence-corrected chi connectivity index (χ3v) is 4.79. The summed E-state index contributed by atoms with van der Waals surface area (Å²) in [5.41, 5.74) is 0.180. The second-order valence-corrected chi connectivity index (χ2v) is 7.64. The molecule has 160 valence electrons. The molecule has 1 aromatic heterocycles. The van der Waals surface area contributed by atoms with Gasteiger partial charge in [-0.3, -0.25) is 9.59 Å². The molecule has 3 rings (SSSR count). The number of ketones is 1. The summed E-state index contributed by atoms with van der Waals surface area (Å²) in [5, 5.41) is 0. The smallest absolute Gasteiger partial charge is 0.358 e. The van der Waals surface area contributed by atoms with E-state index in [4.69, 9.17) is 9.47 Å². The predicted molar refractivity (Wildman–Crippen MR) is 113 cm³/mol. The Morgan fingerprint density at radius 2 is 1.39 bits per heavy atom. The number of carbonyl (C=O) groups excluding carboxylic acids is 3. The van der Waals surface area contributed by atoms with E-state index in [1.54, 1.807) is 7.05 Å². The van der Waals surface area contributed by atoms with Gasteiger partial charge in [0.05, 0.1) is 0 Å². The van der Waals surface area contributed by atoms with Gasteiger partial charge < -0.3 is 14.0 Å². The molecule has 0 bridgehead atoms. The molecular weight excluding hydrogens is 396 g/mol. The zero-order valence-electron chi connectivity index (χ0n) is 17.7. The molecule has 0 radical (unpaired) electrons. The highest BCUT2D eigenvalue weighted by atomic mass is 16.5. The van der Waals surface area contributed by atoms with Crippen LogP contribution < -0.4 is 0 Å². The highest BCUT2D eigenvalue weighted by molar-refractivity contribution is 6.10. The van der Waals surface area contributed by atoms with Gasteiger partial charge >= 0.3 is 11.9 Å². The molecule has 7 heteroatoms. The molecule has 3 aromatic rings. The van der Waals surface area contributed by atoms with Crippen LogP contribution in [-0.2, 0) is 34.5 Å². The van der Waals surface area contributed by atoms with Crippen molar-refractivity contribution >= 4 is 17.7 Å². The molecule has 2 aromatic carbocycles. The number of imidazole rings is 1. The molecule has 0 saturated carbocycles. The Morgan fingerprint density at radius 1 is 0.871 bits per heavy atom. The second kappa shape index (κ2) is 9.38. The first-order valence-electron chi connectivity index (χ1n) is 9.79. The van der Waals surface area contributed by atoms with Gasteiger partial charge in [0.2, 0.25) is 5.78 Å².